The van der Waals surface area contributed by atoms with Gasteiger partial charge in [0.05, 0.1) is 0 Å². The van der Waals surface area contributed by atoms with Crippen LogP contribution in [0.25, 0.3) is 0 Å². The lowest BCUT2D eigenvalue weighted by molar-refractivity contribution is -0.526. The van der Waals surface area contributed by atoms with E-state index in [1.54, 1.807) is 0 Å². The van der Waals surface area contributed by atoms with Crippen molar-refractivity contribution in [3.8, 4) is 0 Å². The third-order valence-corrected chi connectivity index (χ3v) is 3.30. The van der Waals surface area contributed by atoms with Gasteiger partial charge in [-0.15, -0.1) is 0 Å². The second-order valence-corrected chi connectivity index (χ2v) is 5.43. The smallest absolute Gasteiger partial charge is 0.353 e. The van der Waals surface area contributed by atoms with Crippen LogP contribution < -0.4 is 0 Å². The summed E-state index contributed by atoms with van der Waals surface area (Å²) in [7, 11) is 0. The fourth-order valence-corrected chi connectivity index (χ4v) is 1.78. The quantitative estimate of drug-likeness (QED) is 0.512. The minimum atomic E-state index is -6.40. The number of rotatable bonds is 5. The van der Waals surface area contributed by atoms with Crippen molar-refractivity contribution in [1.82, 2.24) is 0 Å². The molecule has 144 valence electrons. The molecule has 0 amide bonds. The Morgan fingerprint density at radius 3 is 1.67 bits per heavy atom. The number of ether oxygens (including phenoxy) is 3. The molecule has 0 bridgehead atoms. The monoisotopic (exact) mass is 378 g/mol. The topological polar surface area (TPSA) is 27.7 Å². The zero-order valence-corrected chi connectivity index (χ0v) is 12.5. The first-order chi connectivity index (χ1) is 10.5. The first-order valence-electron chi connectivity index (χ1n) is 6.73. The van der Waals surface area contributed by atoms with E-state index in [0.717, 1.165) is 0 Å². The van der Waals surface area contributed by atoms with E-state index in [1.807, 2.05) is 0 Å². The van der Waals surface area contributed by atoms with Crippen LogP contribution in [-0.2, 0) is 14.2 Å². The van der Waals surface area contributed by atoms with Crippen LogP contribution in [0.3, 0.4) is 0 Å². The van der Waals surface area contributed by atoms with E-state index in [-0.39, 0.29) is 33.3 Å². The van der Waals surface area contributed by atoms with Crippen molar-refractivity contribution in [2.75, 3.05) is 6.61 Å². The fourth-order valence-electron chi connectivity index (χ4n) is 1.78. The Hall–Kier alpha value is -0.750. The van der Waals surface area contributed by atoms with Crippen LogP contribution in [0.15, 0.2) is 0 Å². The highest BCUT2D eigenvalue weighted by molar-refractivity contribution is 4.92. The van der Waals surface area contributed by atoms with E-state index in [1.165, 1.54) is 0 Å². The molecule has 1 fully saturated rings. The van der Waals surface area contributed by atoms with Crippen LogP contribution in [0, 0.1) is 0 Å². The number of alkyl halides is 9. The Morgan fingerprint density at radius 2 is 1.33 bits per heavy atom. The van der Waals surface area contributed by atoms with Gasteiger partial charge >= 0.3 is 24.1 Å². The second kappa shape index (κ2) is 6.52. The Kier molecular flexibility index (Phi) is 5.79. The maximum atomic E-state index is 13.8. The Balaban J connectivity index is 3.32. The van der Waals surface area contributed by atoms with Gasteiger partial charge in [0.2, 0.25) is 0 Å². The van der Waals surface area contributed by atoms with Crippen molar-refractivity contribution in [2.45, 2.75) is 69.3 Å². The Bertz CT molecular complexity index is 405. The molecular weight excluding hydrogens is 363 g/mol. The van der Waals surface area contributed by atoms with Crippen molar-refractivity contribution in [1.29, 1.82) is 0 Å². The van der Waals surface area contributed by atoms with Crippen LogP contribution >= 0.6 is 0 Å². The molecule has 0 N–H and O–H groups in total. The molecule has 0 aromatic carbocycles. The summed E-state index contributed by atoms with van der Waals surface area (Å²) in [6.07, 6.45) is -14.7. The molecule has 1 saturated heterocycles. The lowest BCUT2D eigenvalue weighted by Crippen LogP contribution is -2.66. The highest BCUT2D eigenvalue weighted by Gasteiger charge is 2.78. The predicted molar refractivity (Wildman–Crippen MR) is 60.7 cm³/mol. The molecule has 0 aromatic heterocycles. The van der Waals surface area contributed by atoms with Gasteiger partial charge in [-0.3, -0.25) is 4.74 Å². The molecule has 1 rings (SSSR count). The van der Waals surface area contributed by atoms with Gasteiger partial charge in [-0.1, -0.05) is 0 Å². The van der Waals surface area contributed by atoms with E-state index >= 15 is 0 Å². The third kappa shape index (κ3) is 4.26. The summed E-state index contributed by atoms with van der Waals surface area (Å²) in [5, 5.41) is 0. The van der Waals surface area contributed by atoms with Gasteiger partial charge in [0.1, 0.15) is 0 Å². The van der Waals surface area contributed by atoms with Crippen LogP contribution in [0.5, 0.6) is 0 Å². The summed E-state index contributed by atoms with van der Waals surface area (Å²) in [4.78, 5) is 0. The lowest BCUT2D eigenvalue weighted by Gasteiger charge is -2.43. The van der Waals surface area contributed by atoms with Crippen LogP contribution in [0.1, 0.15) is 33.1 Å². The molecule has 0 radical (unpaired) electrons. The van der Waals surface area contributed by atoms with Crippen LogP contribution in [0.2, 0.25) is 0 Å². The van der Waals surface area contributed by atoms with E-state index < -0.39 is 36.2 Å². The van der Waals surface area contributed by atoms with E-state index in [2.05, 4.69) is 14.2 Å². The summed E-state index contributed by atoms with van der Waals surface area (Å²) in [6.45, 7) is -0.667. The first-order valence-corrected chi connectivity index (χ1v) is 6.73. The summed E-state index contributed by atoms with van der Waals surface area (Å²) < 4.78 is 130. The van der Waals surface area contributed by atoms with Gasteiger partial charge in [-0.05, 0) is 19.3 Å². The number of halogens is 9. The van der Waals surface area contributed by atoms with Gasteiger partial charge in [-0.25, -0.2) is 13.2 Å². The first kappa shape index (κ1) is 21.3. The average molecular weight is 378 g/mol. The van der Waals surface area contributed by atoms with Gasteiger partial charge in [-0.2, -0.15) is 26.3 Å². The minimum Gasteiger partial charge on any atom is -0.353 e. The molecule has 1 aliphatic heterocycles. The van der Waals surface area contributed by atoms with Crippen molar-refractivity contribution >= 4 is 0 Å². The molecule has 2 atom stereocenters. The largest absolute Gasteiger partial charge is 0.453 e. The second-order valence-electron chi connectivity index (χ2n) is 5.43. The fraction of sp³-hybridized carbons (Fsp3) is 1.00. The molecule has 1 heterocycles. The normalized spacial score (nSPS) is 23.9. The zero-order chi connectivity index (χ0) is 19.0. The molecule has 0 aromatic rings. The SMILES string of the molecule is CC(F)(F)C(C)(F)OC(OC1CCCCO1)(C(F)(F)F)C(F)(F)F. The molecule has 2 unspecified atom stereocenters. The molecule has 0 spiro atoms. The highest BCUT2D eigenvalue weighted by atomic mass is 19.4. The maximum Gasteiger partial charge on any atom is 0.453 e. The summed E-state index contributed by atoms with van der Waals surface area (Å²) in [5.41, 5.74) is 0. The lowest BCUT2D eigenvalue weighted by atomic mass is 10.1. The number of hydrogen-bond acceptors (Lipinski definition) is 3. The van der Waals surface area contributed by atoms with E-state index in [0.29, 0.717) is 6.42 Å². The molecule has 24 heavy (non-hydrogen) atoms. The summed E-state index contributed by atoms with van der Waals surface area (Å²) in [6, 6.07) is 0. The third-order valence-electron chi connectivity index (χ3n) is 3.30. The molecule has 12 heteroatoms. The van der Waals surface area contributed by atoms with Gasteiger partial charge in [0.15, 0.2) is 6.29 Å². The average Bonchev–Trinajstić information content (AvgIpc) is 2.34. The molecular formula is C12H15F9O3. The van der Waals surface area contributed by atoms with Gasteiger partial charge in [0.25, 0.3) is 5.85 Å². The standard InChI is InChI=1S/C12H15F9O3/c1-8(13,14)9(2,15)24-10(11(16,17)18,12(19,20)21)23-7-5-3-4-6-22-7/h7H,3-6H2,1-2H3. The Labute approximate surface area is 131 Å². The minimum absolute atomic E-state index is 0.174. The van der Waals surface area contributed by atoms with Crippen molar-refractivity contribution in [2.24, 2.45) is 0 Å². The summed E-state index contributed by atoms with van der Waals surface area (Å²) in [5.74, 6) is -14.9. The number of hydrogen-bond donors (Lipinski definition) is 0. The van der Waals surface area contributed by atoms with Crippen molar-refractivity contribution in [3.63, 3.8) is 0 Å². The summed E-state index contributed by atoms with van der Waals surface area (Å²) >= 11 is 0. The van der Waals surface area contributed by atoms with Gasteiger partial charge in [0, 0.05) is 20.5 Å². The zero-order valence-electron chi connectivity index (χ0n) is 12.5. The van der Waals surface area contributed by atoms with Crippen molar-refractivity contribution < 1.29 is 53.7 Å². The van der Waals surface area contributed by atoms with Crippen LogP contribution in [0.4, 0.5) is 39.5 Å². The van der Waals surface area contributed by atoms with Gasteiger partial charge < -0.3 is 9.47 Å². The Morgan fingerprint density at radius 1 is 0.833 bits per heavy atom. The van der Waals surface area contributed by atoms with Crippen LogP contribution in [-0.4, -0.2) is 42.8 Å². The molecule has 0 saturated carbocycles. The molecule has 3 nitrogen and oxygen atoms in total. The predicted octanol–water partition coefficient (Wildman–Crippen LogP) is 4.71. The maximum absolute atomic E-state index is 13.8. The van der Waals surface area contributed by atoms with E-state index in [9.17, 15) is 39.5 Å². The van der Waals surface area contributed by atoms with E-state index in [4.69, 9.17) is 0 Å². The highest BCUT2D eigenvalue weighted by Crippen LogP contribution is 2.52. The molecule has 1 aliphatic rings. The van der Waals surface area contributed by atoms with Crippen molar-refractivity contribution in [3.05, 3.63) is 0 Å². The molecule has 0 aliphatic carbocycles.